The SMILES string of the molecule is CC(C)(C)[S+]([O-])N[C@@H]1c2ccccc2CC12CCN(c1nc3ncc(Br)nc3[nH]1)CC2. The van der Waals surface area contributed by atoms with Crippen molar-refractivity contribution in [3.8, 4) is 0 Å². The molecule has 1 aliphatic carbocycles. The van der Waals surface area contributed by atoms with E-state index in [0.29, 0.717) is 15.9 Å². The zero-order valence-electron chi connectivity index (χ0n) is 18.0. The van der Waals surface area contributed by atoms with Crippen LogP contribution in [0.1, 0.15) is 50.8 Å². The number of halogens is 1. The second-order valence-corrected chi connectivity index (χ2v) is 12.4. The number of imidazole rings is 1. The van der Waals surface area contributed by atoms with Gasteiger partial charge in [0.2, 0.25) is 5.95 Å². The van der Waals surface area contributed by atoms with Gasteiger partial charge in [-0.1, -0.05) is 24.3 Å². The molecule has 7 nitrogen and oxygen atoms in total. The highest BCUT2D eigenvalue weighted by molar-refractivity contribution is 9.10. The van der Waals surface area contributed by atoms with Gasteiger partial charge in [-0.15, -0.1) is 4.72 Å². The first-order valence-electron chi connectivity index (χ1n) is 10.6. The first-order chi connectivity index (χ1) is 14.7. The van der Waals surface area contributed by atoms with Crippen molar-refractivity contribution >= 4 is 44.5 Å². The van der Waals surface area contributed by atoms with E-state index in [1.165, 1.54) is 11.1 Å². The summed E-state index contributed by atoms with van der Waals surface area (Å²) >= 11 is 2.24. The molecule has 9 heteroatoms. The van der Waals surface area contributed by atoms with Crippen LogP contribution in [0, 0.1) is 5.41 Å². The lowest BCUT2D eigenvalue weighted by atomic mass is 9.73. The minimum Gasteiger partial charge on any atom is -0.598 e. The van der Waals surface area contributed by atoms with Gasteiger partial charge in [0.25, 0.3) is 0 Å². The predicted octanol–water partition coefficient (Wildman–Crippen LogP) is 4.05. The van der Waals surface area contributed by atoms with Gasteiger partial charge in [0.05, 0.1) is 12.2 Å². The van der Waals surface area contributed by atoms with Gasteiger partial charge >= 0.3 is 0 Å². The van der Waals surface area contributed by atoms with Gasteiger partial charge in [-0.2, -0.15) is 4.98 Å². The molecular formula is C22H27BrN6OS. The lowest BCUT2D eigenvalue weighted by molar-refractivity contribution is 0.175. The van der Waals surface area contributed by atoms with E-state index >= 15 is 0 Å². The van der Waals surface area contributed by atoms with E-state index in [9.17, 15) is 4.55 Å². The number of fused-ring (bicyclic) bond motifs is 2. The van der Waals surface area contributed by atoms with Gasteiger partial charge in [-0.3, -0.25) is 0 Å². The summed E-state index contributed by atoms with van der Waals surface area (Å²) in [5.74, 6) is 0.821. The Morgan fingerprint density at radius 2 is 1.97 bits per heavy atom. The number of hydrogen-bond donors (Lipinski definition) is 2. The number of aromatic nitrogens is 4. The molecule has 0 bridgehead atoms. The molecule has 0 amide bonds. The summed E-state index contributed by atoms with van der Waals surface area (Å²) in [7, 11) is 0. The number of rotatable bonds is 3. The fraction of sp³-hybridized carbons (Fsp3) is 0.500. The van der Waals surface area contributed by atoms with Crippen LogP contribution in [-0.4, -0.2) is 42.3 Å². The number of benzene rings is 1. The number of anilines is 1. The quantitative estimate of drug-likeness (QED) is 0.524. The topological polar surface area (TPSA) is 92.8 Å². The van der Waals surface area contributed by atoms with Crippen LogP contribution in [0.3, 0.4) is 0 Å². The summed E-state index contributed by atoms with van der Waals surface area (Å²) in [4.78, 5) is 19.0. The molecule has 0 saturated carbocycles. The summed E-state index contributed by atoms with van der Waals surface area (Å²) in [5, 5.41) is 0. The van der Waals surface area contributed by atoms with E-state index in [4.69, 9.17) is 0 Å². The molecule has 0 radical (unpaired) electrons. The fourth-order valence-electron chi connectivity index (χ4n) is 4.80. The second kappa shape index (κ2) is 7.72. The van der Waals surface area contributed by atoms with E-state index in [1.807, 2.05) is 20.8 Å². The number of aromatic amines is 1. The molecule has 164 valence electrons. The van der Waals surface area contributed by atoms with Crippen molar-refractivity contribution in [1.29, 1.82) is 0 Å². The third kappa shape index (κ3) is 3.86. The van der Waals surface area contributed by atoms with Crippen LogP contribution in [-0.2, 0) is 17.8 Å². The first-order valence-corrected chi connectivity index (χ1v) is 12.6. The number of hydrogen-bond acceptors (Lipinski definition) is 6. The summed E-state index contributed by atoms with van der Waals surface area (Å²) in [5.41, 5.74) is 4.06. The molecule has 1 saturated heterocycles. The third-order valence-electron chi connectivity index (χ3n) is 6.53. The van der Waals surface area contributed by atoms with E-state index < -0.39 is 11.4 Å². The normalized spacial score (nSPS) is 21.6. The van der Waals surface area contributed by atoms with Gasteiger partial charge in [-0.25, -0.2) is 9.97 Å². The maximum absolute atomic E-state index is 13.0. The lowest BCUT2D eigenvalue weighted by Gasteiger charge is -2.43. The van der Waals surface area contributed by atoms with E-state index in [0.717, 1.165) is 38.3 Å². The minimum atomic E-state index is -1.12. The van der Waals surface area contributed by atoms with Crippen LogP contribution >= 0.6 is 15.9 Å². The summed E-state index contributed by atoms with van der Waals surface area (Å²) in [6.07, 6.45) is 4.69. The molecule has 31 heavy (non-hydrogen) atoms. The number of piperidine rings is 1. The third-order valence-corrected chi connectivity index (χ3v) is 8.47. The Bertz CT molecular complexity index is 1100. The highest BCUT2D eigenvalue weighted by Gasteiger charge is 2.50. The highest BCUT2D eigenvalue weighted by atomic mass is 79.9. The average Bonchev–Trinajstić information content (AvgIpc) is 3.27. The van der Waals surface area contributed by atoms with Gasteiger partial charge in [0, 0.05) is 29.9 Å². The largest absolute Gasteiger partial charge is 0.598 e. The van der Waals surface area contributed by atoms with Crippen molar-refractivity contribution in [1.82, 2.24) is 24.7 Å². The number of nitrogens with zero attached hydrogens (tertiary/aromatic N) is 4. The molecule has 2 N–H and O–H groups in total. The van der Waals surface area contributed by atoms with Crippen molar-refractivity contribution in [2.24, 2.45) is 5.41 Å². The van der Waals surface area contributed by atoms with Crippen molar-refractivity contribution in [3.63, 3.8) is 0 Å². The fourth-order valence-corrected chi connectivity index (χ4v) is 6.02. The molecule has 1 aromatic carbocycles. The van der Waals surface area contributed by atoms with E-state index in [-0.39, 0.29) is 16.2 Å². The Morgan fingerprint density at radius 3 is 2.71 bits per heavy atom. The van der Waals surface area contributed by atoms with Gasteiger partial charge < -0.3 is 14.4 Å². The average molecular weight is 503 g/mol. The predicted molar refractivity (Wildman–Crippen MR) is 127 cm³/mol. The molecule has 3 aromatic rings. The Balaban J connectivity index is 1.39. The smallest absolute Gasteiger partial charge is 0.206 e. The van der Waals surface area contributed by atoms with E-state index in [2.05, 4.69) is 69.8 Å². The van der Waals surface area contributed by atoms with Gasteiger partial charge in [0.1, 0.15) is 9.35 Å². The Labute approximate surface area is 193 Å². The molecule has 2 atom stereocenters. The van der Waals surface area contributed by atoms with Crippen LogP contribution < -0.4 is 9.62 Å². The molecule has 1 aliphatic heterocycles. The maximum Gasteiger partial charge on any atom is 0.206 e. The van der Waals surface area contributed by atoms with Crippen LogP contribution in [0.4, 0.5) is 5.95 Å². The Kier molecular flexibility index (Phi) is 5.28. The minimum absolute atomic E-state index is 0.0621. The van der Waals surface area contributed by atoms with Crippen LogP contribution in [0.15, 0.2) is 35.1 Å². The Morgan fingerprint density at radius 1 is 1.23 bits per heavy atom. The molecule has 1 spiro atoms. The number of H-pyrrole nitrogens is 1. The van der Waals surface area contributed by atoms with Crippen LogP contribution in [0.5, 0.6) is 0 Å². The van der Waals surface area contributed by atoms with Gasteiger partial charge in [-0.05, 0) is 67.1 Å². The highest BCUT2D eigenvalue weighted by Crippen LogP contribution is 2.52. The monoisotopic (exact) mass is 502 g/mol. The van der Waals surface area contributed by atoms with Crippen molar-refractivity contribution in [2.45, 2.75) is 50.8 Å². The molecule has 5 rings (SSSR count). The standard InChI is InChI=1S/C22H27BrN6OS/c1-21(2,3)31(30)28-17-15-7-5-4-6-14(15)12-22(17)8-10-29(11-9-22)20-26-18-19(27-20)25-16(23)13-24-18/h4-7,13,17,28H,8-12H2,1-3H3,(H,24,25,26,27)/t17-,31?/m1/s1. The van der Waals surface area contributed by atoms with Crippen LogP contribution in [0.25, 0.3) is 11.3 Å². The van der Waals surface area contributed by atoms with E-state index in [1.54, 1.807) is 6.20 Å². The maximum atomic E-state index is 13.0. The first kappa shape index (κ1) is 21.2. The molecule has 2 aromatic heterocycles. The number of nitrogens with one attached hydrogen (secondary N) is 2. The zero-order chi connectivity index (χ0) is 21.8. The van der Waals surface area contributed by atoms with Gasteiger partial charge in [0.15, 0.2) is 11.3 Å². The summed E-state index contributed by atoms with van der Waals surface area (Å²) < 4.78 is 16.9. The van der Waals surface area contributed by atoms with Crippen molar-refractivity contribution in [3.05, 3.63) is 46.2 Å². The van der Waals surface area contributed by atoms with Crippen molar-refractivity contribution in [2.75, 3.05) is 18.0 Å². The molecule has 2 aliphatic rings. The summed E-state index contributed by atoms with van der Waals surface area (Å²) in [6, 6.07) is 8.72. The summed E-state index contributed by atoms with van der Waals surface area (Å²) in [6.45, 7) is 7.83. The van der Waals surface area contributed by atoms with Crippen LogP contribution in [0.2, 0.25) is 0 Å². The Hall–Kier alpha value is -1.68. The lowest BCUT2D eigenvalue weighted by Crippen LogP contribution is -2.49. The zero-order valence-corrected chi connectivity index (χ0v) is 20.4. The second-order valence-electron chi connectivity index (χ2n) is 9.58. The van der Waals surface area contributed by atoms with Crippen molar-refractivity contribution < 1.29 is 4.55 Å². The molecule has 3 heterocycles. The molecular weight excluding hydrogens is 476 g/mol. The molecule has 1 unspecified atom stereocenters. The molecule has 1 fully saturated rings.